The molecular weight excluding hydrogens is 386 g/mol. The molecule has 0 saturated carbocycles. The fourth-order valence-electron chi connectivity index (χ4n) is 3.99. The van der Waals surface area contributed by atoms with Gasteiger partial charge in [0.2, 0.25) is 5.95 Å². The molecule has 4 rings (SSSR count). The number of nitrogens with zero attached hydrogens (tertiary/aromatic N) is 7. The van der Waals surface area contributed by atoms with Gasteiger partial charge < -0.3 is 14.7 Å². The normalized spacial score (nSPS) is 17.7. The van der Waals surface area contributed by atoms with Gasteiger partial charge >= 0.3 is 0 Å². The number of anilines is 2. The van der Waals surface area contributed by atoms with E-state index >= 15 is 0 Å². The number of amides is 1. The summed E-state index contributed by atoms with van der Waals surface area (Å²) in [7, 11) is 0. The Balaban J connectivity index is 1.42. The van der Waals surface area contributed by atoms with Crippen molar-refractivity contribution in [1.29, 1.82) is 0 Å². The average Bonchev–Trinajstić information content (AvgIpc) is 3.22. The Bertz CT molecular complexity index is 841. The molecule has 2 aromatic rings. The number of carbonyl (C=O) groups is 1. The number of carbonyl (C=O) groups excluding carboxylic acids is 1. The molecule has 29 heavy (non-hydrogen) atoms. The van der Waals surface area contributed by atoms with Gasteiger partial charge in [-0.3, -0.25) is 4.79 Å². The molecule has 9 heteroatoms. The SMILES string of the molecule is CCCc1nnsc1C(=O)N1CCN(c2cc(C)nc(N3CCCCC3)n2)CC1. The molecule has 4 heterocycles. The van der Waals surface area contributed by atoms with Crippen LogP contribution in [0.2, 0.25) is 0 Å². The molecular formula is C20H29N7OS. The van der Waals surface area contributed by atoms with Crippen molar-refractivity contribution < 1.29 is 4.79 Å². The van der Waals surface area contributed by atoms with Gasteiger partial charge in [0.1, 0.15) is 10.7 Å². The molecule has 2 aliphatic rings. The van der Waals surface area contributed by atoms with Gasteiger partial charge in [-0.15, -0.1) is 5.10 Å². The van der Waals surface area contributed by atoms with Crippen molar-refractivity contribution in [3.05, 3.63) is 22.3 Å². The fourth-order valence-corrected chi connectivity index (χ4v) is 4.66. The van der Waals surface area contributed by atoms with Crippen molar-refractivity contribution in [2.75, 3.05) is 49.1 Å². The first-order valence-corrected chi connectivity index (χ1v) is 11.4. The summed E-state index contributed by atoms with van der Waals surface area (Å²) in [6.07, 6.45) is 5.48. The molecule has 0 aromatic carbocycles. The summed E-state index contributed by atoms with van der Waals surface area (Å²) in [6, 6.07) is 2.05. The summed E-state index contributed by atoms with van der Waals surface area (Å²) in [5, 5.41) is 4.14. The summed E-state index contributed by atoms with van der Waals surface area (Å²) in [4.78, 5) is 29.6. The van der Waals surface area contributed by atoms with Gasteiger partial charge in [0.15, 0.2) is 0 Å². The van der Waals surface area contributed by atoms with E-state index in [-0.39, 0.29) is 5.91 Å². The molecule has 1 amide bonds. The first-order valence-electron chi connectivity index (χ1n) is 10.6. The van der Waals surface area contributed by atoms with E-state index in [0.29, 0.717) is 18.0 Å². The maximum atomic E-state index is 12.9. The Kier molecular flexibility index (Phi) is 6.22. The highest BCUT2D eigenvalue weighted by molar-refractivity contribution is 7.08. The van der Waals surface area contributed by atoms with Crippen LogP contribution in [0.1, 0.15) is 53.7 Å². The lowest BCUT2D eigenvalue weighted by atomic mass is 10.1. The van der Waals surface area contributed by atoms with Crippen LogP contribution in [-0.4, -0.2) is 69.6 Å². The van der Waals surface area contributed by atoms with Gasteiger partial charge in [-0.1, -0.05) is 17.8 Å². The quantitative estimate of drug-likeness (QED) is 0.742. The number of rotatable bonds is 5. The van der Waals surface area contributed by atoms with E-state index in [1.54, 1.807) is 0 Å². The van der Waals surface area contributed by atoms with Crippen molar-refractivity contribution in [3.63, 3.8) is 0 Å². The van der Waals surface area contributed by atoms with Crippen molar-refractivity contribution >= 4 is 29.2 Å². The number of aromatic nitrogens is 4. The second-order valence-electron chi connectivity index (χ2n) is 7.79. The van der Waals surface area contributed by atoms with Crippen LogP contribution in [-0.2, 0) is 6.42 Å². The van der Waals surface area contributed by atoms with E-state index < -0.39 is 0 Å². The second-order valence-corrected chi connectivity index (χ2v) is 8.55. The van der Waals surface area contributed by atoms with Crippen LogP contribution in [0.5, 0.6) is 0 Å². The largest absolute Gasteiger partial charge is 0.353 e. The topological polar surface area (TPSA) is 78.4 Å². The number of piperidine rings is 1. The van der Waals surface area contributed by atoms with Crippen LogP contribution in [0.25, 0.3) is 0 Å². The lowest BCUT2D eigenvalue weighted by Gasteiger charge is -2.36. The predicted molar refractivity (Wildman–Crippen MR) is 115 cm³/mol. The Morgan fingerprint density at radius 3 is 2.52 bits per heavy atom. The molecule has 2 aliphatic heterocycles. The monoisotopic (exact) mass is 415 g/mol. The van der Waals surface area contributed by atoms with Crippen molar-refractivity contribution in [3.8, 4) is 0 Å². The van der Waals surface area contributed by atoms with E-state index in [2.05, 4.69) is 37.4 Å². The molecule has 2 fully saturated rings. The van der Waals surface area contributed by atoms with E-state index in [1.165, 1.54) is 30.8 Å². The van der Waals surface area contributed by atoms with Crippen molar-refractivity contribution in [1.82, 2.24) is 24.5 Å². The molecule has 0 aliphatic carbocycles. The van der Waals surface area contributed by atoms with Crippen LogP contribution in [0.3, 0.4) is 0 Å². The van der Waals surface area contributed by atoms with E-state index in [0.717, 1.165) is 62.2 Å². The van der Waals surface area contributed by atoms with Crippen molar-refractivity contribution in [2.24, 2.45) is 0 Å². The van der Waals surface area contributed by atoms with E-state index in [1.807, 2.05) is 11.8 Å². The minimum absolute atomic E-state index is 0.0657. The standard InChI is InChI=1S/C20H29N7OS/c1-3-7-16-18(29-24-23-16)19(28)26-12-10-25(11-13-26)17-14-15(2)21-20(22-17)27-8-5-4-6-9-27/h14H,3-13H2,1-2H3. The summed E-state index contributed by atoms with van der Waals surface area (Å²) in [5.41, 5.74) is 1.83. The van der Waals surface area contributed by atoms with E-state index in [4.69, 9.17) is 4.98 Å². The zero-order chi connectivity index (χ0) is 20.2. The van der Waals surface area contributed by atoms with Gasteiger partial charge in [0, 0.05) is 51.0 Å². The smallest absolute Gasteiger partial charge is 0.267 e. The third-order valence-electron chi connectivity index (χ3n) is 5.60. The Morgan fingerprint density at radius 1 is 1.03 bits per heavy atom. The number of aryl methyl sites for hydroxylation is 2. The highest BCUT2D eigenvalue weighted by Crippen LogP contribution is 2.23. The van der Waals surface area contributed by atoms with E-state index in [9.17, 15) is 4.79 Å². The molecule has 0 unspecified atom stereocenters. The summed E-state index contributed by atoms with van der Waals surface area (Å²) >= 11 is 1.22. The lowest BCUT2D eigenvalue weighted by molar-refractivity contribution is 0.0750. The number of hydrogen-bond acceptors (Lipinski definition) is 8. The molecule has 8 nitrogen and oxygen atoms in total. The lowest BCUT2D eigenvalue weighted by Crippen LogP contribution is -2.49. The minimum Gasteiger partial charge on any atom is -0.353 e. The molecule has 2 saturated heterocycles. The highest BCUT2D eigenvalue weighted by Gasteiger charge is 2.27. The maximum absolute atomic E-state index is 12.9. The Morgan fingerprint density at radius 2 is 1.79 bits per heavy atom. The molecule has 0 atom stereocenters. The van der Waals surface area contributed by atoms with Gasteiger partial charge in [-0.05, 0) is 44.1 Å². The zero-order valence-corrected chi connectivity index (χ0v) is 18.1. The Labute approximate surface area is 176 Å². The molecule has 0 radical (unpaired) electrons. The fraction of sp³-hybridized carbons (Fsp3) is 0.650. The maximum Gasteiger partial charge on any atom is 0.267 e. The van der Waals surface area contributed by atoms with Gasteiger partial charge in [-0.2, -0.15) is 4.98 Å². The van der Waals surface area contributed by atoms with Crippen LogP contribution < -0.4 is 9.80 Å². The average molecular weight is 416 g/mol. The summed E-state index contributed by atoms with van der Waals surface area (Å²) in [6.45, 7) is 9.11. The number of hydrogen-bond donors (Lipinski definition) is 0. The molecule has 0 N–H and O–H groups in total. The zero-order valence-electron chi connectivity index (χ0n) is 17.3. The highest BCUT2D eigenvalue weighted by atomic mass is 32.1. The minimum atomic E-state index is 0.0657. The second kappa shape index (κ2) is 9.02. The summed E-state index contributed by atoms with van der Waals surface area (Å²) < 4.78 is 4.00. The van der Waals surface area contributed by atoms with Crippen LogP contribution in [0, 0.1) is 6.92 Å². The molecule has 0 bridgehead atoms. The molecule has 2 aromatic heterocycles. The van der Waals surface area contributed by atoms with Gasteiger partial charge in [0.05, 0.1) is 5.69 Å². The van der Waals surface area contributed by atoms with Gasteiger partial charge in [-0.25, -0.2) is 4.98 Å². The van der Waals surface area contributed by atoms with Crippen LogP contribution >= 0.6 is 11.5 Å². The molecule has 0 spiro atoms. The van der Waals surface area contributed by atoms with Crippen LogP contribution in [0.15, 0.2) is 6.07 Å². The number of piperazine rings is 1. The van der Waals surface area contributed by atoms with Gasteiger partial charge in [0.25, 0.3) is 5.91 Å². The van der Waals surface area contributed by atoms with Crippen LogP contribution in [0.4, 0.5) is 11.8 Å². The first-order chi connectivity index (χ1) is 14.2. The van der Waals surface area contributed by atoms with Crippen molar-refractivity contribution in [2.45, 2.75) is 46.0 Å². The predicted octanol–water partition coefficient (Wildman–Crippen LogP) is 2.54. The summed E-state index contributed by atoms with van der Waals surface area (Å²) in [5.74, 6) is 1.88. The third kappa shape index (κ3) is 4.49. The molecule has 156 valence electrons. The third-order valence-corrected chi connectivity index (χ3v) is 6.35. The Hall–Kier alpha value is -2.29. The first kappa shape index (κ1) is 20.0.